The van der Waals surface area contributed by atoms with Crippen molar-refractivity contribution in [2.45, 2.75) is 0 Å². The standard InChI is InChI=1S/C11H13N3O2/c1-14-7-9(6-13-14)16-11-4-3-8(15-2)5-10(11)12/h3-7H,12H2,1-2H3. The van der Waals surface area contributed by atoms with E-state index in [-0.39, 0.29) is 0 Å². The molecule has 16 heavy (non-hydrogen) atoms. The van der Waals surface area contributed by atoms with Crippen molar-refractivity contribution in [3.05, 3.63) is 30.6 Å². The average Bonchev–Trinajstić information content (AvgIpc) is 2.67. The Morgan fingerprint density at radius 1 is 1.31 bits per heavy atom. The fraction of sp³-hybridized carbons (Fsp3) is 0.182. The lowest BCUT2D eigenvalue weighted by molar-refractivity contribution is 0.413. The first-order valence-corrected chi connectivity index (χ1v) is 4.79. The number of hydrogen-bond donors (Lipinski definition) is 1. The van der Waals surface area contributed by atoms with E-state index in [0.29, 0.717) is 22.9 Å². The summed E-state index contributed by atoms with van der Waals surface area (Å²) >= 11 is 0. The topological polar surface area (TPSA) is 62.3 Å². The van der Waals surface area contributed by atoms with Gasteiger partial charge in [-0.05, 0) is 12.1 Å². The molecule has 1 aromatic heterocycles. The van der Waals surface area contributed by atoms with Crippen LogP contribution in [0.15, 0.2) is 30.6 Å². The Hall–Kier alpha value is -2.17. The Morgan fingerprint density at radius 2 is 2.12 bits per heavy atom. The van der Waals surface area contributed by atoms with Crippen molar-refractivity contribution in [1.82, 2.24) is 9.78 Å². The molecule has 2 rings (SSSR count). The number of benzene rings is 1. The number of aryl methyl sites for hydroxylation is 1. The van der Waals surface area contributed by atoms with Gasteiger partial charge in [-0.3, -0.25) is 4.68 Å². The monoisotopic (exact) mass is 219 g/mol. The molecule has 0 radical (unpaired) electrons. The lowest BCUT2D eigenvalue weighted by Crippen LogP contribution is -1.93. The molecule has 0 amide bonds. The number of nitrogens with two attached hydrogens (primary N) is 1. The summed E-state index contributed by atoms with van der Waals surface area (Å²) in [5, 5.41) is 4.00. The molecule has 0 unspecified atom stereocenters. The molecule has 0 aliphatic rings. The molecule has 2 N–H and O–H groups in total. The Balaban J connectivity index is 2.21. The number of nitrogens with zero attached hydrogens (tertiary/aromatic N) is 2. The molecule has 2 aromatic rings. The van der Waals surface area contributed by atoms with E-state index in [9.17, 15) is 0 Å². The van der Waals surface area contributed by atoms with Crippen molar-refractivity contribution in [3.63, 3.8) is 0 Å². The number of methoxy groups -OCH3 is 1. The van der Waals surface area contributed by atoms with Crippen LogP contribution in [-0.2, 0) is 7.05 Å². The van der Waals surface area contributed by atoms with Crippen LogP contribution in [0, 0.1) is 0 Å². The molecule has 0 fully saturated rings. The number of hydrogen-bond acceptors (Lipinski definition) is 4. The summed E-state index contributed by atoms with van der Waals surface area (Å²) in [7, 11) is 3.42. The largest absolute Gasteiger partial charge is 0.497 e. The summed E-state index contributed by atoms with van der Waals surface area (Å²) in [6, 6.07) is 5.27. The number of rotatable bonds is 3. The molecule has 1 aromatic carbocycles. The molecule has 0 bridgehead atoms. The fourth-order valence-electron chi connectivity index (χ4n) is 1.32. The van der Waals surface area contributed by atoms with E-state index in [4.69, 9.17) is 15.2 Å². The summed E-state index contributed by atoms with van der Waals surface area (Å²) in [5.74, 6) is 1.95. The fourth-order valence-corrected chi connectivity index (χ4v) is 1.32. The zero-order valence-electron chi connectivity index (χ0n) is 9.18. The van der Waals surface area contributed by atoms with E-state index < -0.39 is 0 Å². The molecule has 0 spiro atoms. The van der Waals surface area contributed by atoms with Gasteiger partial charge in [0.25, 0.3) is 0 Å². The molecule has 5 heteroatoms. The van der Waals surface area contributed by atoms with Crippen molar-refractivity contribution in [2.24, 2.45) is 7.05 Å². The van der Waals surface area contributed by atoms with E-state index >= 15 is 0 Å². The van der Waals surface area contributed by atoms with Crippen LogP contribution in [0.5, 0.6) is 17.2 Å². The maximum absolute atomic E-state index is 5.82. The summed E-state index contributed by atoms with van der Waals surface area (Å²) in [5.41, 5.74) is 6.35. The van der Waals surface area contributed by atoms with Gasteiger partial charge < -0.3 is 15.2 Å². The van der Waals surface area contributed by atoms with Crippen molar-refractivity contribution >= 4 is 5.69 Å². The highest BCUT2D eigenvalue weighted by molar-refractivity contribution is 5.57. The van der Waals surface area contributed by atoms with Crippen LogP contribution in [-0.4, -0.2) is 16.9 Å². The molecule has 84 valence electrons. The Bertz CT molecular complexity index is 494. The first-order valence-electron chi connectivity index (χ1n) is 4.79. The van der Waals surface area contributed by atoms with Crippen molar-refractivity contribution in [2.75, 3.05) is 12.8 Å². The van der Waals surface area contributed by atoms with Crippen LogP contribution in [0.25, 0.3) is 0 Å². The molecule has 1 heterocycles. The maximum Gasteiger partial charge on any atom is 0.165 e. The first kappa shape index (κ1) is 10.4. The van der Waals surface area contributed by atoms with Gasteiger partial charge in [0.15, 0.2) is 11.5 Å². The molecule has 0 aliphatic carbocycles. The predicted octanol–water partition coefficient (Wildman–Crippen LogP) is 1.80. The number of nitrogen functional groups attached to an aromatic ring is 1. The molecule has 0 saturated heterocycles. The summed E-state index contributed by atoms with van der Waals surface area (Å²) in [4.78, 5) is 0. The van der Waals surface area contributed by atoms with Crippen LogP contribution >= 0.6 is 0 Å². The number of ether oxygens (including phenoxy) is 2. The number of aromatic nitrogens is 2. The molecule has 0 atom stereocenters. The van der Waals surface area contributed by atoms with Gasteiger partial charge in [-0.25, -0.2) is 0 Å². The van der Waals surface area contributed by atoms with Crippen LogP contribution in [0.3, 0.4) is 0 Å². The Morgan fingerprint density at radius 3 is 2.69 bits per heavy atom. The third kappa shape index (κ3) is 2.08. The smallest absolute Gasteiger partial charge is 0.165 e. The van der Waals surface area contributed by atoms with Gasteiger partial charge in [-0.15, -0.1) is 0 Å². The second-order valence-corrected chi connectivity index (χ2v) is 3.36. The first-order chi connectivity index (χ1) is 7.69. The molecular formula is C11H13N3O2. The molecular weight excluding hydrogens is 206 g/mol. The van der Waals surface area contributed by atoms with E-state index in [1.807, 2.05) is 7.05 Å². The summed E-state index contributed by atoms with van der Waals surface area (Å²) in [6.07, 6.45) is 3.40. The predicted molar refractivity (Wildman–Crippen MR) is 60.7 cm³/mol. The highest BCUT2D eigenvalue weighted by Gasteiger charge is 2.04. The van der Waals surface area contributed by atoms with Crippen LogP contribution < -0.4 is 15.2 Å². The molecule has 0 saturated carbocycles. The minimum absolute atomic E-state index is 0.531. The maximum atomic E-state index is 5.82. The lowest BCUT2D eigenvalue weighted by atomic mass is 10.3. The SMILES string of the molecule is COc1ccc(Oc2cnn(C)c2)c(N)c1. The minimum Gasteiger partial charge on any atom is -0.497 e. The molecule has 0 aliphatic heterocycles. The van der Waals surface area contributed by atoms with Crippen LogP contribution in [0.2, 0.25) is 0 Å². The number of anilines is 1. The van der Waals surface area contributed by atoms with Gasteiger partial charge in [0.05, 0.1) is 25.2 Å². The van der Waals surface area contributed by atoms with Crippen molar-refractivity contribution in [1.29, 1.82) is 0 Å². The average molecular weight is 219 g/mol. The van der Waals surface area contributed by atoms with Crippen LogP contribution in [0.1, 0.15) is 0 Å². The van der Waals surface area contributed by atoms with E-state index in [1.165, 1.54) is 0 Å². The second kappa shape index (κ2) is 4.14. The van der Waals surface area contributed by atoms with Crippen molar-refractivity contribution in [3.8, 4) is 17.2 Å². The Kier molecular flexibility index (Phi) is 2.68. The van der Waals surface area contributed by atoms with Gasteiger partial charge in [0, 0.05) is 13.1 Å². The Labute approximate surface area is 93.4 Å². The van der Waals surface area contributed by atoms with Crippen LogP contribution in [0.4, 0.5) is 5.69 Å². The highest BCUT2D eigenvalue weighted by Crippen LogP contribution is 2.30. The quantitative estimate of drug-likeness (QED) is 0.799. The molecule has 5 nitrogen and oxygen atoms in total. The van der Waals surface area contributed by atoms with Crippen molar-refractivity contribution < 1.29 is 9.47 Å². The highest BCUT2D eigenvalue weighted by atomic mass is 16.5. The normalized spacial score (nSPS) is 10.1. The summed E-state index contributed by atoms with van der Waals surface area (Å²) in [6.45, 7) is 0. The lowest BCUT2D eigenvalue weighted by Gasteiger charge is -2.07. The van der Waals surface area contributed by atoms with E-state index in [2.05, 4.69) is 5.10 Å². The van der Waals surface area contributed by atoms with Gasteiger partial charge in [-0.2, -0.15) is 5.10 Å². The minimum atomic E-state index is 0.531. The third-order valence-electron chi connectivity index (χ3n) is 2.13. The zero-order valence-corrected chi connectivity index (χ0v) is 9.18. The zero-order chi connectivity index (χ0) is 11.5. The van der Waals surface area contributed by atoms with E-state index in [0.717, 1.165) is 0 Å². The van der Waals surface area contributed by atoms with E-state index in [1.54, 1.807) is 42.4 Å². The van der Waals surface area contributed by atoms with Gasteiger partial charge >= 0.3 is 0 Å². The van der Waals surface area contributed by atoms with Gasteiger partial charge in [0.2, 0.25) is 0 Å². The second-order valence-electron chi connectivity index (χ2n) is 3.36. The third-order valence-corrected chi connectivity index (χ3v) is 2.13. The van der Waals surface area contributed by atoms with Gasteiger partial charge in [-0.1, -0.05) is 0 Å². The van der Waals surface area contributed by atoms with Gasteiger partial charge in [0.1, 0.15) is 5.75 Å². The summed E-state index contributed by atoms with van der Waals surface area (Å²) < 4.78 is 12.3.